The highest BCUT2D eigenvalue weighted by molar-refractivity contribution is 5.77. The molecule has 0 heterocycles. The first-order valence-electron chi connectivity index (χ1n) is 3.93. The van der Waals surface area contributed by atoms with Gasteiger partial charge in [-0.3, -0.25) is 4.79 Å². The Labute approximate surface area is 71.8 Å². The van der Waals surface area contributed by atoms with E-state index in [-0.39, 0.29) is 12.3 Å². The molecular weight excluding hydrogens is 161 g/mol. The normalized spacial score (nSPS) is 18.8. The molecule has 0 radical (unpaired) electrons. The lowest BCUT2D eigenvalue weighted by molar-refractivity contribution is -0.143. The van der Waals surface area contributed by atoms with Crippen LogP contribution in [0, 0.1) is 5.92 Å². The third kappa shape index (κ3) is 3.17. The summed E-state index contributed by atoms with van der Waals surface area (Å²) in [6.45, 7) is 4.72. The van der Waals surface area contributed by atoms with E-state index in [1.807, 2.05) is 0 Å². The molecule has 3 N–H and O–H groups in total. The Morgan fingerprint density at radius 2 is 2.08 bits per heavy atom. The highest BCUT2D eigenvalue weighted by Crippen LogP contribution is 2.18. The SMILES string of the molecule is CC(C)C(F)CC(C)(N)C(=O)O. The van der Waals surface area contributed by atoms with E-state index in [9.17, 15) is 9.18 Å². The van der Waals surface area contributed by atoms with Gasteiger partial charge in [-0.15, -0.1) is 0 Å². The average Bonchev–Trinajstić information content (AvgIpc) is 1.85. The van der Waals surface area contributed by atoms with Crippen molar-refractivity contribution in [3.63, 3.8) is 0 Å². The van der Waals surface area contributed by atoms with Crippen LogP contribution in [0.1, 0.15) is 27.2 Å². The van der Waals surface area contributed by atoms with Crippen LogP contribution in [0.15, 0.2) is 0 Å². The Morgan fingerprint density at radius 1 is 1.67 bits per heavy atom. The third-order valence-electron chi connectivity index (χ3n) is 1.83. The molecule has 12 heavy (non-hydrogen) atoms. The largest absolute Gasteiger partial charge is 0.480 e. The van der Waals surface area contributed by atoms with Crippen molar-refractivity contribution in [1.29, 1.82) is 0 Å². The summed E-state index contributed by atoms with van der Waals surface area (Å²) < 4.78 is 13.0. The molecule has 0 bridgehead atoms. The number of carboxylic acid groups (broad SMARTS) is 1. The van der Waals surface area contributed by atoms with Gasteiger partial charge in [0, 0.05) is 6.42 Å². The molecule has 0 aliphatic carbocycles. The molecule has 2 atom stereocenters. The van der Waals surface area contributed by atoms with Crippen LogP contribution in [0.4, 0.5) is 4.39 Å². The number of aliphatic carboxylic acids is 1. The maximum atomic E-state index is 13.0. The monoisotopic (exact) mass is 177 g/mol. The van der Waals surface area contributed by atoms with E-state index < -0.39 is 17.7 Å². The van der Waals surface area contributed by atoms with Crippen LogP contribution in [0.2, 0.25) is 0 Å². The second kappa shape index (κ2) is 3.85. The maximum Gasteiger partial charge on any atom is 0.323 e. The van der Waals surface area contributed by atoms with Crippen molar-refractivity contribution >= 4 is 5.97 Å². The van der Waals surface area contributed by atoms with Crippen molar-refractivity contribution in [1.82, 2.24) is 0 Å². The number of nitrogens with two attached hydrogens (primary N) is 1. The van der Waals surface area contributed by atoms with Crippen LogP contribution in [-0.2, 0) is 4.79 Å². The second-order valence-corrected chi connectivity index (χ2v) is 3.69. The van der Waals surface area contributed by atoms with Gasteiger partial charge < -0.3 is 10.8 Å². The fraction of sp³-hybridized carbons (Fsp3) is 0.875. The zero-order chi connectivity index (χ0) is 9.94. The standard InChI is InChI=1S/C8H16FNO2/c1-5(2)6(9)4-8(3,10)7(11)12/h5-6H,4,10H2,1-3H3,(H,11,12). The van der Waals surface area contributed by atoms with Crippen LogP contribution in [0.3, 0.4) is 0 Å². The lowest BCUT2D eigenvalue weighted by Crippen LogP contribution is -2.47. The fourth-order valence-electron chi connectivity index (χ4n) is 0.728. The fourth-order valence-corrected chi connectivity index (χ4v) is 0.728. The van der Waals surface area contributed by atoms with Gasteiger partial charge in [0.2, 0.25) is 0 Å². The first kappa shape index (κ1) is 11.4. The van der Waals surface area contributed by atoms with E-state index >= 15 is 0 Å². The molecule has 2 unspecified atom stereocenters. The third-order valence-corrected chi connectivity index (χ3v) is 1.83. The summed E-state index contributed by atoms with van der Waals surface area (Å²) in [4.78, 5) is 10.5. The summed E-state index contributed by atoms with van der Waals surface area (Å²) in [5.74, 6) is -1.35. The minimum atomic E-state index is -1.45. The van der Waals surface area contributed by atoms with Crippen LogP contribution in [-0.4, -0.2) is 22.8 Å². The molecule has 72 valence electrons. The molecule has 0 saturated carbocycles. The maximum absolute atomic E-state index is 13.0. The minimum absolute atomic E-state index is 0.139. The molecule has 0 aliphatic rings. The molecule has 0 aromatic carbocycles. The van der Waals surface area contributed by atoms with E-state index in [0.717, 1.165) is 0 Å². The quantitative estimate of drug-likeness (QED) is 0.677. The molecule has 4 heteroatoms. The summed E-state index contributed by atoms with van der Waals surface area (Å²) >= 11 is 0. The highest BCUT2D eigenvalue weighted by Gasteiger charge is 2.32. The number of carboxylic acids is 1. The van der Waals surface area contributed by atoms with Gasteiger partial charge in [0.25, 0.3) is 0 Å². The molecule has 0 spiro atoms. The Hall–Kier alpha value is -0.640. The van der Waals surface area contributed by atoms with Crippen molar-refractivity contribution in [3.05, 3.63) is 0 Å². The Morgan fingerprint density at radius 3 is 2.33 bits per heavy atom. The van der Waals surface area contributed by atoms with Gasteiger partial charge >= 0.3 is 5.97 Å². The number of hydrogen-bond donors (Lipinski definition) is 2. The van der Waals surface area contributed by atoms with Gasteiger partial charge in [-0.2, -0.15) is 0 Å². The number of alkyl halides is 1. The van der Waals surface area contributed by atoms with Crippen LogP contribution < -0.4 is 5.73 Å². The van der Waals surface area contributed by atoms with Crippen molar-refractivity contribution in [3.8, 4) is 0 Å². The molecule has 0 rings (SSSR count). The molecule has 0 aromatic rings. The van der Waals surface area contributed by atoms with Gasteiger partial charge in [0.15, 0.2) is 0 Å². The highest BCUT2D eigenvalue weighted by atomic mass is 19.1. The summed E-state index contributed by atoms with van der Waals surface area (Å²) in [5.41, 5.74) is 3.90. The first-order chi connectivity index (χ1) is 5.27. The van der Waals surface area contributed by atoms with Crippen molar-refractivity contribution in [2.45, 2.75) is 38.9 Å². The summed E-state index contributed by atoms with van der Waals surface area (Å²) in [6, 6.07) is 0. The van der Waals surface area contributed by atoms with E-state index in [4.69, 9.17) is 10.8 Å². The van der Waals surface area contributed by atoms with Gasteiger partial charge in [-0.05, 0) is 12.8 Å². The van der Waals surface area contributed by atoms with Crippen molar-refractivity contribution in [2.75, 3.05) is 0 Å². The lowest BCUT2D eigenvalue weighted by atomic mass is 9.92. The smallest absolute Gasteiger partial charge is 0.323 e. The summed E-state index contributed by atoms with van der Waals surface area (Å²) in [7, 11) is 0. The number of rotatable bonds is 4. The van der Waals surface area contributed by atoms with Crippen molar-refractivity contribution < 1.29 is 14.3 Å². The van der Waals surface area contributed by atoms with E-state index in [0.29, 0.717) is 0 Å². The number of halogens is 1. The van der Waals surface area contributed by atoms with Crippen molar-refractivity contribution in [2.24, 2.45) is 11.7 Å². The lowest BCUT2D eigenvalue weighted by Gasteiger charge is -2.23. The molecule has 0 fully saturated rings. The topological polar surface area (TPSA) is 63.3 Å². The number of hydrogen-bond acceptors (Lipinski definition) is 2. The van der Waals surface area contributed by atoms with E-state index in [1.54, 1.807) is 13.8 Å². The molecule has 0 aliphatic heterocycles. The molecule has 3 nitrogen and oxygen atoms in total. The zero-order valence-corrected chi connectivity index (χ0v) is 7.67. The van der Waals surface area contributed by atoms with Gasteiger partial charge in [0.05, 0.1) is 0 Å². The molecule has 0 aromatic heterocycles. The molecule has 0 saturated heterocycles. The molecular formula is C8H16FNO2. The van der Waals surface area contributed by atoms with E-state index in [2.05, 4.69) is 0 Å². The average molecular weight is 177 g/mol. The molecule has 0 amide bonds. The Kier molecular flexibility index (Phi) is 3.64. The Bertz CT molecular complexity index is 168. The van der Waals surface area contributed by atoms with Gasteiger partial charge in [0.1, 0.15) is 11.7 Å². The second-order valence-electron chi connectivity index (χ2n) is 3.69. The minimum Gasteiger partial charge on any atom is -0.480 e. The Balaban J connectivity index is 4.15. The zero-order valence-electron chi connectivity index (χ0n) is 7.67. The predicted molar refractivity (Wildman–Crippen MR) is 44.6 cm³/mol. The summed E-state index contributed by atoms with van der Waals surface area (Å²) in [6.07, 6.45) is -1.30. The predicted octanol–water partition coefficient (Wildman–Crippen LogP) is 1.17. The summed E-state index contributed by atoms with van der Waals surface area (Å²) in [5, 5.41) is 8.58. The van der Waals surface area contributed by atoms with Gasteiger partial charge in [-0.1, -0.05) is 13.8 Å². The van der Waals surface area contributed by atoms with Crippen LogP contribution >= 0.6 is 0 Å². The van der Waals surface area contributed by atoms with E-state index in [1.165, 1.54) is 6.92 Å². The van der Waals surface area contributed by atoms with Crippen LogP contribution in [0.5, 0.6) is 0 Å². The number of carbonyl (C=O) groups is 1. The van der Waals surface area contributed by atoms with Gasteiger partial charge in [-0.25, -0.2) is 4.39 Å². The van der Waals surface area contributed by atoms with Crippen LogP contribution in [0.25, 0.3) is 0 Å². The first-order valence-corrected chi connectivity index (χ1v) is 3.93.